The highest BCUT2D eigenvalue weighted by atomic mass is 32.2. The average Bonchev–Trinajstić information content (AvgIpc) is 3.04. The number of aliphatic hydroxyl groups is 1. The summed E-state index contributed by atoms with van der Waals surface area (Å²) in [6.45, 7) is 0. The SMILES string of the molecule is O=S(=O)(N[C@H]1C[C@@H]1c1ccccc1)c1ccc(C2=NOC(O)(C(F)(F)F)C2)s1. The summed E-state index contributed by atoms with van der Waals surface area (Å²) in [4.78, 5) is 4.36. The summed E-state index contributed by atoms with van der Waals surface area (Å²) in [6, 6.07) is 12.0. The van der Waals surface area contributed by atoms with Gasteiger partial charge >= 0.3 is 12.0 Å². The molecule has 11 heteroatoms. The van der Waals surface area contributed by atoms with Crippen molar-refractivity contribution < 1.29 is 31.5 Å². The fourth-order valence-electron chi connectivity index (χ4n) is 2.98. The zero-order chi connectivity index (χ0) is 20.2. The molecule has 4 rings (SSSR count). The molecular weight excluding hydrogens is 417 g/mol. The van der Waals surface area contributed by atoms with E-state index in [1.165, 1.54) is 12.1 Å². The summed E-state index contributed by atoms with van der Waals surface area (Å²) in [5.41, 5.74) is 0.894. The third kappa shape index (κ3) is 3.54. The van der Waals surface area contributed by atoms with Crippen molar-refractivity contribution in [2.24, 2.45) is 5.16 Å². The second-order valence-corrected chi connectivity index (χ2v) is 9.71. The zero-order valence-corrected chi connectivity index (χ0v) is 15.8. The number of oxime groups is 1. The Morgan fingerprint density at radius 3 is 2.57 bits per heavy atom. The number of hydrogen-bond acceptors (Lipinski definition) is 6. The van der Waals surface area contributed by atoms with Gasteiger partial charge in [0.1, 0.15) is 9.92 Å². The van der Waals surface area contributed by atoms with Crippen molar-refractivity contribution in [2.75, 3.05) is 0 Å². The summed E-state index contributed by atoms with van der Waals surface area (Å²) in [7, 11) is -3.82. The van der Waals surface area contributed by atoms with Crippen LogP contribution in [0.25, 0.3) is 0 Å². The van der Waals surface area contributed by atoms with Crippen LogP contribution in [0.5, 0.6) is 0 Å². The van der Waals surface area contributed by atoms with Crippen molar-refractivity contribution in [2.45, 2.75) is 41.0 Å². The van der Waals surface area contributed by atoms with E-state index in [0.29, 0.717) is 6.42 Å². The van der Waals surface area contributed by atoms with Crippen molar-refractivity contribution in [3.63, 3.8) is 0 Å². The molecule has 0 radical (unpaired) electrons. The predicted molar refractivity (Wildman–Crippen MR) is 95.5 cm³/mol. The highest BCUT2D eigenvalue weighted by Crippen LogP contribution is 2.42. The highest BCUT2D eigenvalue weighted by Gasteiger charge is 2.60. The van der Waals surface area contributed by atoms with Gasteiger partial charge in [-0.2, -0.15) is 13.2 Å². The lowest BCUT2D eigenvalue weighted by molar-refractivity contribution is -0.355. The Labute approximate surface area is 162 Å². The Morgan fingerprint density at radius 2 is 1.93 bits per heavy atom. The molecule has 2 heterocycles. The van der Waals surface area contributed by atoms with Crippen LogP contribution in [0.2, 0.25) is 0 Å². The van der Waals surface area contributed by atoms with Gasteiger partial charge in [0.05, 0.1) is 11.3 Å². The molecule has 1 unspecified atom stereocenters. The molecule has 1 fully saturated rings. The minimum absolute atomic E-state index is 0.0358. The van der Waals surface area contributed by atoms with Crippen LogP contribution in [0.15, 0.2) is 51.8 Å². The minimum Gasteiger partial charge on any atom is -0.350 e. The lowest BCUT2D eigenvalue weighted by atomic mass is 10.1. The van der Waals surface area contributed by atoms with Crippen molar-refractivity contribution in [1.82, 2.24) is 4.72 Å². The van der Waals surface area contributed by atoms with Gasteiger partial charge in [-0.1, -0.05) is 35.5 Å². The normalized spacial score (nSPS) is 27.4. The van der Waals surface area contributed by atoms with Gasteiger partial charge in [-0.3, -0.25) is 0 Å². The van der Waals surface area contributed by atoms with Gasteiger partial charge < -0.3 is 9.94 Å². The van der Waals surface area contributed by atoms with Crippen molar-refractivity contribution >= 4 is 27.1 Å². The standard InChI is InChI=1S/C17H15F3N2O4S2/c18-17(19,20)16(23)9-13(21-26-16)14-6-7-15(27-14)28(24,25)22-12-8-11(12)10-4-2-1-3-5-10/h1-7,11-12,22-23H,8-9H2/t11-,12+,16?/m1/s1. The quantitative estimate of drug-likeness (QED) is 0.761. The second-order valence-electron chi connectivity index (χ2n) is 6.69. The third-order valence-electron chi connectivity index (χ3n) is 4.61. The monoisotopic (exact) mass is 432 g/mol. The molecule has 0 saturated heterocycles. The molecule has 1 aliphatic carbocycles. The molecule has 0 spiro atoms. The van der Waals surface area contributed by atoms with Gasteiger partial charge in [-0.15, -0.1) is 11.3 Å². The van der Waals surface area contributed by atoms with Crippen LogP contribution in [0, 0.1) is 0 Å². The maximum atomic E-state index is 12.8. The molecule has 1 aliphatic heterocycles. The Morgan fingerprint density at radius 1 is 1.21 bits per heavy atom. The molecule has 1 saturated carbocycles. The largest absolute Gasteiger partial charge is 0.458 e. The minimum atomic E-state index is -5.01. The van der Waals surface area contributed by atoms with Crippen molar-refractivity contribution in [3.8, 4) is 0 Å². The van der Waals surface area contributed by atoms with E-state index >= 15 is 0 Å². The van der Waals surface area contributed by atoms with Crippen molar-refractivity contribution in [1.29, 1.82) is 0 Å². The zero-order valence-electron chi connectivity index (χ0n) is 14.2. The topological polar surface area (TPSA) is 88.0 Å². The molecule has 2 aliphatic rings. The number of sulfonamides is 1. The number of rotatable bonds is 5. The van der Waals surface area contributed by atoms with Gasteiger partial charge in [0.2, 0.25) is 10.0 Å². The van der Waals surface area contributed by atoms with E-state index in [-0.39, 0.29) is 26.8 Å². The molecule has 0 bridgehead atoms. The molecule has 1 aromatic heterocycles. The highest BCUT2D eigenvalue weighted by molar-refractivity contribution is 7.91. The molecule has 28 heavy (non-hydrogen) atoms. The Balaban J connectivity index is 1.45. The van der Waals surface area contributed by atoms with Crippen LogP contribution in [0.4, 0.5) is 13.2 Å². The molecule has 6 nitrogen and oxygen atoms in total. The van der Waals surface area contributed by atoms with E-state index in [2.05, 4.69) is 14.7 Å². The van der Waals surface area contributed by atoms with E-state index in [1.807, 2.05) is 30.3 Å². The molecule has 2 N–H and O–H groups in total. The number of alkyl halides is 3. The number of benzene rings is 1. The molecule has 0 amide bonds. The number of nitrogens with zero attached hydrogens (tertiary/aromatic N) is 1. The van der Waals surface area contributed by atoms with Gasteiger partial charge in [-0.25, -0.2) is 13.1 Å². The van der Waals surface area contributed by atoms with E-state index < -0.39 is 28.4 Å². The first-order valence-electron chi connectivity index (χ1n) is 8.31. The summed E-state index contributed by atoms with van der Waals surface area (Å²) >= 11 is 0.776. The number of nitrogens with one attached hydrogen (secondary N) is 1. The van der Waals surface area contributed by atoms with Gasteiger partial charge in [0, 0.05) is 12.0 Å². The third-order valence-corrected chi connectivity index (χ3v) is 7.73. The Kier molecular flexibility index (Phi) is 4.53. The first-order chi connectivity index (χ1) is 13.1. The fraction of sp³-hybridized carbons (Fsp3) is 0.353. The predicted octanol–water partition coefficient (Wildman–Crippen LogP) is 2.96. The van der Waals surface area contributed by atoms with E-state index in [9.17, 15) is 26.7 Å². The molecule has 1 aromatic carbocycles. The van der Waals surface area contributed by atoms with Crippen LogP contribution in [0.1, 0.15) is 29.2 Å². The van der Waals surface area contributed by atoms with Crippen molar-refractivity contribution in [3.05, 3.63) is 52.9 Å². The molecule has 3 atom stereocenters. The lowest BCUT2D eigenvalue weighted by Gasteiger charge is -2.22. The van der Waals surface area contributed by atoms with Gasteiger partial charge in [-0.05, 0) is 24.1 Å². The second kappa shape index (κ2) is 6.55. The van der Waals surface area contributed by atoms with E-state index in [0.717, 1.165) is 16.9 Å². The lowest BCUT2D eigenvalue weighted by Crippen LogP contribution is -2.45. The Bertz CT molecular complexity index is 1020. The maximum Gasteiger partial charge on any atom is 0.458 e. The first kappa shape index (κ1) is 19.4. The van der Waals surface area contributed by atoms with Gasteiger partial charge in [0.25, 0.3) is 0 Å². The number of hydrogen-bond donors (Lipinski definition) is 2. The Hall–Kier alpha value is -1.95. The van der Waals surface area contributed by atoms with Crippen LogP contribution in [-0.2, 0) is 14.9 Å². The number of halogens is 3. The summed E-state index contributed by atoms with van der Waals surface area (Å²) < 4.78 is 66.1. The van der Waals surface area contributed by atoms with Crippen LogP contribution in [-0.4, -0.2) is 37.2 Å². The summed E-state index contributed by atoms with van der Waals surface area (Å²) in [5, 5.41) is 12.8. The van der Waals surface area contributed by atoms with E-state index in [4.69, 9.17) is 0 Å². The molecule has 150 valence electrons. The fourth-order valence-corrected chi connectivity index (χ4v) is 5.57. The van der Waals surface area contributed by atoms with Crippen LogP contribution in [0.3, 0.4) is 0 Å². The summed E-state index contributed by atoms with van der Waals surface area (Å²) in [6.07, 6.45) is -5.23. The van der Waals surface area contributed by atoms with E-state index in [1.54, 1.807) is 0 Å². The first-order valence-corrected chi connectivity index (χ1v) is 10.6. The smallest absolute Gasteiger partial charge is 0.350 e. The van der Waals surface area contributed by atoms with Crippen LogP contribution < -0.4 is 4.72 Å². The molecular formula is C17H15F3N2O4S2. The molecule has 2 aromatic rings. The van der Waals surface area contributed by atoms with Crippen LogP contribution >= 0.6 is 11.3 Å². The maximum absolute atomic E-state index is 12.8. The number of thiophene rings is 1. The van der Waals surface area contributed by atoms with Gasteiger partial charge in [0.15, 0.2) is 0 Å². The summed E-state index contributed by atoms with van der Waals surface area (Å²) in [5.74, 6) is -3.29. The average molecular weight is 432 g/mol.